The van der Waals surface area contributed by atoms with E-state index in [1.54, 1.807) is 6.08 Å². The second-order valence-corrected chi connectivity index (χ2v) is 4.39. The summed E-state index contributed by atoms with van der Waals surface area (Å²) in [5, 5.41) is 2.57. The van der Waals surface area contributed by atoms with Crippen LogP contribution in [0.25, 0.3) is 0 Å². The van der Waals surface area contributed by atoms with E-state index in [-0.39, 0.29) is 11.4 Å². The van der Waals surface area contributed by atoms with Crippen LogP contribution in [0, 0.1) is 5.82 Å². The first kappa shape index (κ1) is 14.0. The van der Waals surface area contributed by atoms with Crippen LogP contribution in [0.5, 0.6) is 5.75 Å². The van der Waals surface area contributed by atoms with Gasteiger partial charge in [0.2, 0.25) is 0 Å². The van der Waals surface area contributed by atoms with Crippen LogP contribution in [0.2, 0.25) is 0 Å². The number of methoxy groups -OCH3 is 1. The summed E-state index contributed by atoms with van der Waals surface area (Å²) >= 11 is 0. The lowest BCUT2D eigenvalue weighted by molar-refractivity contribution is -0.118. The number of nitrogens with zero attached hydrogens (tertiary/aromatic N) is 1. The predicted octanol–water partition coefficient (Wildman–Crippen LogP) is 2.23. The number of carbonyl (C=O) groups is 2. The summed E-state index contributed by atoms with van der Waals surface area (Å²) in [5.41, 5.74) is 0.158. The van der Waals surface area contributed by atoms with Crippen molar-refractivity contribution in [2.45, 2.75) is 18.9 Å². The number of imide groups is 1. The third-order valence-corrected chi connectivity index (χ3v) is 3.03. The molecule has 0 radical (unpaired) electrons. The van der Waals surface area contributed by atoms with Crippen molar-refractivity contribution in [3.05, 3.63) is 36.7 Å². The Labute approximate surface area is 116 Å². The summed E-state index contributed by atoms with van der Waals surface area (Å²) < 4.78 is 18.4. The maximum atomic E-state index is 13.5. The lowest BCUT2D eigenvalue weighted by Crippen LogP contribution is -2.31. The summed E-state index contributed by atoms with van der Waals surface area (Å²) in [6.07, 6.45) is 2.75. The Balaban J connectivity index is 2.28. The van der Waals surface area contributed by atoms with Gasteiger partial charge in [0.05, 0.1) is 12.8 Å². The summed E-state index contributed by atoms with van der Waals surface area (Å²) in [4.78, 5) is 25.0. The van der Waals surface area contributed by atoms with Gasteiger partial charge < -0.3 is 10.1 Å². The van der Waals surface area contributed by atoms with Crippen LogP contribution < -0.4 is 15.0 Å². The van der Waals surface area contributed by atoms with E-state index >= 15 is 0 Å². The highest BCUT2D eigenvalue weighted by Crippen LogP contribution is 2.26. The van der Waals surface area contributed by atoms with Gasteiger partial charge in [-0.3, -0.25) is 4.79 Å². The van der Waals surface area contributed by atoms with E-state index in [1.807, 2.05) is 0 Å². The zero-order valence-corrected chi connectivity index (χ0v) is 11.1. The molecule has 1 aliphatic rings. The first-order valence-corrected chi connectivity index (χ1v) is 6.16. The normalized spacial score (nSPS) is 18.1. The smallest absolute Gasteiger partial charge is 0.329 e. The fourth-order valence-corrected chi connectivity index (χ4v) is 2.05. The fourth-order valence-electron chi connectivity index (χ4n) is 2.05. The van der Waals surface area contributed by atoms with Gasteiger partial charge in [-0.25, -0.2) is 14.1 Å². The van der Waals surface area contributed by atoms with Crippen molar-refractivity contribution < 1.29 is 18.7 Å². The molecule has 1 heterocycles. The fraction of sp³-hybridized carbons (Fsp3) is 0.286. The molecular formula is C14H15FN2O3. The van der Waals surface area contributed by atoms with Crippen molar-refractivity contribution in [2.24, 2.45) is 0 Å². The van der Waals surface area contributed by atoms with Crippen LogP contribution in [-0.4, -0.2) is 25.1 Å². The van der Waals surface area contributed by atoms with Crippen molar-refractivity contribution in [1.82, 2.24) is 5.32 Å². The van der Waals surface area contributed by atoms with E-state index in [0.29, 0.717) is 12.8 Å². The molecule has 5 nitrogen and oxygen atoms in total. The van der Waals surface area contributed by atoms with Crippen LogP contribution in [0.1, 0.15) is 12.8 Å². The Morgan fingerprint density at radius 3 is 2.85 bits per heavy atom. The Hall–Kier alpha value is -2.37. The van der Waals surface area contributed by atoms with Gasteiger partial charge in [-0.05, 0) is 18.9 Å². The van der Waals surface area contributed by atoms with Crippen LogP contribution >= 0.6 is 0 Å². The molecule has 1 N–H and O–H groups in total. The van der Waals surface area contributed by atoms with Gasteiger partial charge in [0.25, 0.3) is 5.91 Å². The summed E-state index contributed by atoms with van der Waals surface area (Å²) in [6, 6.07) is 2.58. The molecule has 0 spiro atoms. The van der Waals surface area contributed by atoms with Crippen LogP contribution in [0.15, 0.2) is 30.9 Å². The molecule has 1 unspecified atom stereocenters. The molecule has 6 heteroatoms. The number of carbonyl (C=O) groups excluding carboxylic acids is 2. The molecule has 106 valence electrons. The third kappa shape index (κ3) is 2.64. The van der Waals surface area contributed by atoms with Crippen molar-refractivity contribution in [3.8, 4) is 5.75 Å². The highest BCUT2D eigenvalue weighted by molar-refractivity contribution is 6.21. The van der Waals surface area contributed by atoms with Gasteiger partial charge in [0, 0.05) is 12.1 Å². The monoisotopic (exact) mass is 278 g/mol. The van der Waals surface area contributed by atoms with Gasteiger partial charge in [0.1, 0.15) is 17.6 Å². The Bertz CT molecular complexity index is 559. The highest BCUT2D eigenvalue weighted by atomic mass is 19.1. The summed E-state index contributed by atoms with van der Waals surface area (Å²) in [7, 11) is 1.39. The van der Waals surface area contributed by atoms with Crippen LogP contribution in [-0.2, 0) is 4.79 Å². The number of benzene rings is 1. The zero-order chi connectivity index (χ0) is 14.7. The van der Waals surface area contributed by atoms with Crippen molar-refractivity contribution >= 4 is 17.6 Å². The number of rotatable bonds is 5. The molecule has 0 bridgehead atoms. The number of ether oxygens (including phenoxy) is 1. The molecule has 1 fully saturated rings. The summed E-state index contributed by atoms with van der Waals surface area (Å²) in [6.45, 7) is 3.57. The Morgan fingerprint density at radius 1 is 1.45 bits per heavy atom. The molecular weight excluding hydrogens is 263 g/mol. The van der Waals surface area contributed by atoms with E-state index in [0.717, 1.165) is 11.0 Å². The molecule has 0 aromatic heterocycles. The second kappa shape index (κ2) is 5.73. The molecule has 1 saturated heterocycles. The van der Waals surface area contributed by atoms with E-state index < -0.39 is 23.8 Å². The molecule has 3 amide bonds. The molecule has 20 heavy (non-hydrogen) atoms. The van der Waals surface area contributed by atoms with E-state index in [1.165, 1.54) is 19.2 Å². The quantitative estimate of drug-likeness (QED) is 0.663. The van der Waals surface area contributed by atoms with Crippen molar-refractivity contribution in [3.63, 3.8) is 0 Å². The van der Waals surface area contributed by atoms with Gasteiger partial charge >= 0.3 is 6.03 Å². The Kier molecular flexibility index (Phi) is 4.02. The third-order valence-electron chi connectivity index (χ3n) is 3.03. The van der Waals surface area contributed by atoms with Crippen molar-refractivity contribution in [1.29, 1.82) is 0 Å². The number of urea groups is 1. The number of halogens is 1. The summed E-state index contributed by atoms with van der Waals surface area (Å²) in [5.74, 6) is -0.728. The number of amides is 3. The van der Waals surface area contributed by atoms with Gasteiger partial charge in [-0.15, -0.1) is 6.58 Å². The minimum absolute atomic E-state index is 0.158. The molecule has 1 aromatic carbocycles. The first-order valence-electron chi connectivity index (χ1n) is 6.16. The second-order valence-electron chi connectivity index (χ2n) is 4.39. The maximum absolute atomic E-state index is 13.5. The molecule has 1 atom stereocenters. The van der Waals surface area contributed by atoms with E-state index in [2.05, 4.69) is 11.9 Å². The van der Waals surface area contributed by atoms with Gasteiger partial charge in [0.15, 0.2) is 0 Å². The SMILES string of the molecule is C=CCCC1NC(=O)N(c2cc(F)cc(OC)c2)C1=O. The molecule has 0 aliphatic carbocycles. The van der Waals surface area contributed by atoms with E-state index in [4.69, 9.17) is 4.74 Å². The predicted molar refractivity (Wildman–Crippen MR) is 72.2 cm³/mol. The number of allylic oxidation sites excluding steroid dienone is 1. The number of hydrogen-bond donors (Lipinski definition) is 1. The standard InChI is InChI=1S/C14H15FN2O3/c1-3-4-5-12-13(18)17(14(19)16-12)10-6-9(15)7-11(8-10)20-2/h3,6-8,12H,1,4-5H2,2H3,(H,16,19). The largest absolute Gasteiger partial charge is 0.497 e. The molecule has 2 rings (SSSR count). The number of anilines is 1. The molecule has 0 saturated carbocycles. The first-order chi connectivity index (χ1) is 9.56. The molecule has 1 aliphatic heterocycles. The topological polar surface area (TPSA) is 58.6 Å². The lowest BCUT2D eigenvalue weighted by Gasteiger charge is -2.14. The van der Waals surface area contributed by atoms with Gasteiger partial charge in [-0.1, -0.05) is 6.08 Å². The van der Waals surface area contributed by atoms with Crippen molar-refractivity contribution in [2.75, 3.05) is 12.0 Å². The maximum Gasteiger partial charge on any atom is 0.329 e. The highest BCUT2D eigenvalue weighted by Gasteiger charge is 2.38. The van der Waals surface area contributed by atoms with Crippen LogP contribution in [0.4, 0.5) is 14.9 Å². The van der Waals surface area contributed by atoms with Crippen LogP contribution in [0.3, 0.4) is 0 Å². The minimum Gasteiger partial charge on any atom is -0.497 e. The van der Waals surface area contributed by atoms with E-state index in [9.17, 15) is 14.0 Å². The zero-order valence-electron chi connectivity index (χ0n) is 11.1. The average Bonchev–Trinajstić information content (AvgIpc) is 2.70. The average molecular weight is 278 g/mol. The number of nitrogens with one attached hydrogen (secondary N) is 1. The molecule has 1 aromatic rings. The van der Waals surface area contributed by atoms with Gasteiger partial charge in [-0.2, -0.15) is 0 Å². The lowest BCUT2D eigenvalue weighted by atomic mass is 10.1. The number of hydrogen-bond acceptors (Lipinski definition) is 3. The Morgan fingerprint density at radius 2 is 2.20 bits per heavy atom. The minimum atomic E-state index is -0.602.